The lowest BCUT2D eigenvalue weighted by molar-refractivity contribution is 0.608. The number of aryl methyl sites for hydroxylation is 1. The van der Waals surface area contributed by atoms with Crippen molar-refractivity contribution in [3.05, 3.63) is 46.9 Å². The Morgan fingerprint density at radius 1 is 1.22 bits per heavy atom. The van der Waals surface area contributed by atoms with Crippen LogP contribution in [0.25, 0.3) is 0 Å². The van der Waals surface area contributed by atoms with Crippen molar-refractivity contribution in [2.24, 2.45) is 0 Å². The summed E-state index contributed by atoms with van der Waals surface area (Å²) in [5, 5.41) is 11.0. The van der Waals surface area contributed by atoms with E-state index < -0.39 is 0 Å². The summed E-state index contributed by atoms with van der Waals surface area (Å²) in [4.78, 5) is 4.10. The Kier molecular flexibility index (Phi) is 3.11. The molecule has 0 saturated carbocycles. The maximum absolute atomic E-state index is 5.72. The number of anilines is 1. The highest BCUT2D eigenvalue weighted by molar-refractivity contribution is 6.28. The van der Waals surface area contributed by atoms with Gasteiger partial charge in [0.1, 0.15) is 5.82 Å². The molecule has 0 saturated heterocycles. The molecule has 0 bridgehead atoms. The minimum absolute atomic E-state index is 0.177. The van der Waals surface area contributed by atoms with Crippen LogP contribution < -0.4 is 5.32 Å². The minimum Gasteiger partial charge on any atom is -0.366 e. The SMILES string of the molecule is Clc1nncc(NC2CCc3ccccc3C2)n1. The first kappa shape index (κ1) is 11.4. The molecular formula is C13H13ClN4. The van der Waals surface area contributed by atoms with Gasteiger partial charge in [0, 0.05) is 6.04 Å². The van der Waals surface area contributed by atoms with Crippen molar-refractivity contribution in [2.45, 2.75) is 25.3 Å². The van der Waals surface area contributed by atoms with Crippen molar-refractivity contribution in [3.63, 3.8) is 0 Å². The van der Waals surface area contributed by atoms with E-state index in [-0.39, 0.29) is 5.28 Å². The molecule has 18 heavy (non-hydrogen) atoms. The summed E-state index contributed by atoms with van der Waals surface area (Å²) >= 11 is 5.72. The van der Waals surface area contributed by atoms with Crippen LogP contribution in [-0.2, 0) is 12.8 Å². The summed E-state index contributed by atoms with van der Waals surface area (Å²) in [6, 6.07) is 8.96. The molecule has 1 aromatic heterocycles. The van der Waals surface area contributed by atoms with Crippen LogP contribution in [0.5, 0.6) is 0 Å². The van der Waals surface area contributed by atoms with Gasteiger partial charge in [0.05, 0.1) is 6.20 Å². The third-order valence-corrected chi connectivity index (χ3v) is 3.39. The number of hydrogen-bond donors (Lipinski definition) is 1. The van der Waals surface area contributed by atoms with Gasteiger partial charge in [-0.05, 0) is 42.0 Å². The Balaban J connectivity index is 1.73. The van der Waals surface area contributed by atoms with Crippen molar-refractivity contribution in [3.8, 4) is 0 Å². The number of nitrogens with zero attached hydrogens (tertiary/aromatic N) is 3. The Labute approximate surface area is 110 Å². The molecule has 1 atom stereocenters. The minimum atomic E-state index is 0.177. The number of fused-ring (bicyclic) bond motifs is 1. The van der Waals surface area contributed by atoms with Crippen molar-refractivity contribution in [1.82, 2.24) is 15.2 Å². The van der Waals surface area contributed by atoms with Gasteiger partial charge in [-0.2, -0.15) is 10.1 Å². The molecule has 4 nitrogen and oxygen atoms in total. The Morgan fingerprint density at radius 3 is 2.89 bits per heavy atom. The molecule has 1 N–H and O–H groups in total. The fourth-order valence-electron chi connectivity index (χ4n) is 2.38. The van der Waals surface area contributed by atoms with Gasteiger partial charge in [0.15, 0.2) is 0 Å². The summed E-state index contributed by atoms with van der Waals surface area (Å²) in [6.45, 7) is 0. The van der Waals surface area contributed by atoms with Crippen LogP contribution in [-0.4, -0.2) is 21.2 Å². The highest BCUT2D eigenvalue weighted by atomic mass is 35.5. The van der Waals surface area contributed by atoms with Crippen molar-refractivity contribution in [2.75, 3.05) is 5.32 Å². The number of benzene rings is 1. The van der Waals surface area contributed by atoms with E-state index in [2.05, 4.69) is 44.8 Å². The maximum Gasteiger partial charge on any atom is 0.244 e. The standard InChI is InChI=1S/C13H13ClN4/c14-13-17-12(8-15-18-13)16-11-6-5-9-3-1-2-4-10(9)7-11/h1-4,8,11H,5-7H2,(H,16,17,18). The summed E-state index contributed by atoms with van der Waals surface area (Å²) in [5.74, 6) is 0.694. The molecule has 0 fully saturated rings. The zero-order valence-electron chi connectivity index (χ0n) is 9.81. The van der Waals surface area contributed by atoms with Gasteiger partial charge < -0.3 is 5.32 Å². The lowest BCUT2D eigenvalue weighted by Gasteiger charge is -2.25. The Morgan fingerprint density at radius 2 is 2.06 bits per heavy atom. The molecule has 1 heterocycles. The van der Waals surface area contributed by atoms with E-state index in [1.807, 2.05) is 0 Å². The zero-order valence-corrected chi connectivity index (χ0v) is 10.6. The number of rotatable bonds is 2. The summed E-state index contributed by atoms with van der Waals surface area (Å²) in [7, 11) is 0. The molecule has 1 aliphatic carbocycles. The average molecular weight is 261 g/mol. The summed E-state index contributed by atoms with van der Waals surface area (Å²) < 4.78 is 0. The average Bonchev–Trinajstić information content (AvgIpc) is 2.39. The fourth-order valence-corrected chi connectivity index (χ4v) is 2.52. The molecule has 0 amide bonds. The maximum atomic E-state index is 5.72. The Bertz CT molecular complexity index is 558. The molecule has 92 valence electrons. The monoisotopic (exact) mass is 260 g/mol. The van der Waals surface area contributed by atoms with Gasteiger partial charge in [-0.15, -0.1) is 5.10 Å². The second-order valence-corrected chi connectivity index (χ2v) is 4.80. The predicted molar refractivity (Wildman–Crippen MR) is 70.7 cm³/mol. The predicted octanol–water partition coefficient (Wildman–Crippen LogP) is 2.49. The van der Waals surface area contributed by atoms with E-state index in [9.17, 15) is 0 Å². The van der Waals surface area contributed by atoms with Crippen LogP contribution in [0.3, 0.4) is 0 Å². The quantitative estimate of drug-likeness (QED) is 0.901. The van der Waals surface area contributed by atoms with Gasteiger partial charge in [0.25, 0.3) is 0 Å². The van der Waals surface area contributed by atoms with Gasteiger partial charge in [-0.25, -0.2) is 0 Å². The highest BCUT2D eigenvalue weighted by Gasteiger charge is 2.18. The molecule has 2 aromatic rings. The van der Waals surface area contributed by atoms with E-state index >= 15 is 0 Å². The molecule has 0 aliphatic heterocycles. The molecule has 5 heteroatoms. The molecule has 3 rings (SSSR count). The van der Waals surface area contributed by atoms with Crippen LogP contribution in [0.1, 0.15) is 17.5 Å². The van der Waals surface area contributed by atoms with E-state index in [0.717, 1.165) is 19.3 Å². The fraction of sp³-hybridized carbons (Fsp3) is 0.308. The number of aromatic nitrogens is 3. The van der Waals surface area contributed by atoms with E-state index in [4.69, 9.17) is 11.6 Å². The smallest absolute Gasteiger partial charge is 0.244 e. The lowest BCUT2D eigenvalue weighted by atomic mass is 9.88. The van der Waals surface area contributed by atoms with Crippen LogP contribution in [0.15, 0.2) is 30.5 Å². The third-order valence-electron chi connectivity index (χ3n) is 3.23. The van der Waals surface area contributed by atoms with E-state index in [1.165, 1.54) is 11.1 Å². The molecule has 1 unspecified atom stereocenters. The number of hydrogen-bond acceptors (Lipinski definition) is 4. The molecule has 1 aromatic carbocycles. The second-order valence-electron chi connectivity index (χ2n) is 4.46. The van der Waals surface area contributed by atoms with Crippen LogP contribution in [0, 0.1) is 0 Å². The van der Waals surface area contributed by atoms with Crippen LogP contribution >= 0.6 is 11.6 Å². The first-order chi connectivity index (χ1) is 8.81. The largest absolute Gasteiger partial charge is 0.366 e. The van der Waals surface area contributed by atoms with Gasteiger partial charge in [-0.1, -0.05) is 24.3 Å². The van der Waals surface area contributed by atoms with Crippen LogP contribution in [0.4, 0.5) is 5.82 Å². The van der Waals surface area contributed by atoms with Crippen LogP contribution in [0.2, 0.25) is 5.28 Å². The first-order valence-electron chi connectivity index (χ1n) is 6.00. The van der Waals surface area contributed by atoms with Gasteiger partial charge in [-0.3, -0.25) is 0 Å². The third kappa shape index (κ3) is 2.43. The van der Waals surface area contributed by atoms with E-state index in [1.54, 1.807) is 6.20 Å². The van der Waals surface area contributed by atoms with Crippen molar-refractivity contribution >= 4 is 17.4 Å². The highest BCUT2D eigenvalue weighted by Crippen LogP contribution is 2.23. The normalized spacial score (nSPS) is 18.2. The number of halogens is 1. The van der Waals surface area contributed by atoms with E-state index in [0.29, 0.717) is 11.9 Å². The Hall–Kier alpha value is -1.68. The zero-order chi connectivity index (χ0) is 12.4. The first-order valence-corrected chi connectivity index (χ1v) is 6.37. The second kappa shape index (κ2) is 4.90. The molecule has 0 spiro atoms. The van der Waals surface area contributed by atoms with Crippen molar-refractivity contribution in [1.29, 1.82) is 0 Å². The van der Waals surface area contributed by atoms with Gasteiger partial charge >= 0.3 is 0 Å². The summed E-state index contributed by atoms with van der Waals surface area (Å²) in [5.41, 5.74) is 2.86. The lowest BCUT2D eigenvalue weighted by Crippen LogP contribution is -2.27. The summed E-state index contributed by atoms with van der Waals surface area (Å²) in [6.07, 6.45) is 4.81. The molecule has 1 aliphatic rings. The number of nitrogens with one attached hydrogen (secondary N) is 1. The molecule has 0 radical (unpaired) electrons. The van der Waals surface area contributed by atoms with Crippen molar-refractivity contribution < 1.29 is 0 Å². The topological polar surface area (TPSA) is 50.7 Å². The molecular weight excluding hydrogens is 248 g/mol. The van der Waals surface area contributed by atoms with Gasteiger partial charge in [0.2, 0.25) is 5.28 Å².